The number of aromatic amines is 1. The molecule has 0 spiro atoms. The molecule has 17 nitrogen and oxygen atoms in total. The standard InChI is InChI=1S/C19H22FN9O8P2S2/c1-8-12-15(23-6-22-8)29(7-24-12)18-14-11(20)9(36-18)4-34-38(31,40)33-3-2-28-10(5-35-39(32,41)37-14)25-13-16(28)26-19(21)27-17(13)30/h6-7,9,11,14,18H,2-5H2,1H3,(H,31,40)(H,32,41)(H3,21,26,27,30)/t9-,11-,14-,18-,38?,39?/m1/s1. The summed E-state index contributed by atoms with van der Waals surface area (Å²) in [5.74, 6) is -0.112. The summed E-state index contributed by atoms with van der Waals surface area (Å²) < 4.78 is 59.8. The smallest absolute Gasteiger partial charge is 0.369 e. The van der Waals surface area contributed by atoms with E-state index in [1.54, 1.807) is 6.92 Å². The van der Waals surface area contributed by atoms with Gasteiger partial charge in [0.25, 0.3) is 5.56 Å². The molecule has 22 heteroatoms. The molecule has 2 aliphatic rings. The van der Waals surface area contributed by atoms with Crippen molar-refractivity contribution in [1.29, 1.82) is 0 Å². The Morgan fingerprint density at radius 1 is 1.22 bits per heavy atom. The number of imidazole rings is 2. The van der Waals surface area contributed by atoms with E-state index >= 15 is 4.39 Å². The van der Waals surface area contributed by atoms with Crippen molar-refractivity contribution >= 4 is 65.8 Å². The number of aromatic nitrogens is 8. The van der Waals surface area contributed by atoms with Crippen LogP contribution < -0.4 is 11.3 Å². The highest BCUT2D eigenvalue weighted by molar-refractivity contribution is 8.44. The molecule has 41 heavy (non-hydrogen) atoms. The summed E-state index contributed by atoms with van der Waals surface area (Å²) in [6.07, 6.45) is -3.46. The first-order valence-corrected chi connectivity index (χ1v) is 17.2. The van der Waals surface area contributed by atoms with E-state index in [1.165, 1.54) is 21.8 Å². The summed E-state index contributed by atoms with van der Waals surface area (Å²) in [5, 5.41) is 0. The number of ether oxygens (including phenoxy) is 1. The molecular formula is C19H22FN9O8P2S2. The third kappa shape index (κ3) is 5.56. The number of aryl methyl sites for hydroxylation is 1. The van der Waals surface area contributed by atoms with Crippen molar-refractivity contribution in [3.8, 4) is 0 Å². The average molecular weight is 650 g/mol. The van der Waals surface area contributed by atoms with Crippen molar-refractivity contribution in [2.45, 2.75) is 44.7 Å². The molecule has 0 saturated carbocycles. The fourth-order valence-electron chi connectivity index (χ4n) is 4.51. The Morgan fingerprint density at radius 2 is 2.02 bits per heavy atom. The van der Waals surface area contributed by atoms with Crippen LogP contribution in [0, 0.1) is 6.92 Å². The van der Waals surface area contributed by atoms with Gasteiger partial charge in [-0.15, -0.1) is 0 Å². The largest absolute Gasteiger partial charge is 0.387 e. The Labute approximate surface area is 239 Å². The molecular weight excluding hydrogens is 627 g/mol. The van der Waals surface area contributed by atoms with Crippen LogP contribution in [-0.4, -0.2) is 75.5 Å². The second-order valence-electron chi connectivity index (χ2n) is 9.01. The minimum Gasteiger partial charge on any atom is -0.369 e. The molecule has 4 N–H and O–H groups in total. The van der Waals surface area contributed by atoms with Crippen LogP contribution in [0.4, 0.5) is 10.3 Å². The van der Waals surface area contributed by atoms with E-state index in [2.05, 4.69) is 42.2 Å². The fourth-order valence-corrected chi connectivity index (χ4v) is 7.01. The van der Waals surface area contributed by atoms with Gasteiger partial charge in [-0.05, 0) is 18.7 Å². The molecule has 2 unspecified atom stereocenters. The van der Waals surface area contributed by atoms with Gasteiger partial charge in [-0.25, -0.2) is 28.9 Å². The van der Waals surface area contributed by atoms with Gasteiger partial charge in [-0.3, -0.25) is 23.4 Å². The number of H-pyrrole nitrogens is 1. The van der Waals surface area contributed by atoms with Gasteiger partial charge in [0.15, 0.2) is 29.2 Å². The summed E-state index contributed by atoms with van der Waals surface area (Å²) in [4.78, 5) is 46.3. The Hall–Kier alpha value is -2.38. The summed E-state index contributed by atoms with van der Waals surface area (Å²) in [7, 11) is 0. The summed E-state index contributed by atoms with van der Waals surface area (Å²) in [6.45, 7) is -7.81. The monoisotopic (exact) mass is 649 g/mol. The number of nitrogens with one attached hydrogen (secondary N) is 1. The van der Waals surface area contributed by atoms with E-state index in [0.29, 0.717) is 16.9 Å². The Kier molecular flexibility index (Phi) is 7.51. The molecule has 6 atom stereocenters. The number of nitrogens with two attached hydrogens (primary N) is 1. The maximum atomic E-state index is 15.8. The SMILES string of the molecule is Cc1ncnc2c1ncn2[C@@H]1O[C@@H]2COP(O)(=S)OCCn3c(nc4c(=O)[nH]c(N)nc43)COP(=O)(S)O[C@@H]1[C@@H]2F. The lowest BCUT2D eigenvalue weighted by Crippen LogP contribution is -2.31. The van der Waals surface area contributed by atoms with Gasteiger partial charge in [-0.1, -0.05) is 12.2 Å². The topological polar surface area (TPSA) is 217 Å². The maximum absolute atomic E-state index is 15.8. The van der Waals surface area contributed by atoms with Gasteiger partial charge in [-0.2, -0.15) is 4.98 Å². The highest BCUT2D eigenvalue weighted by Gasteiger charge is 2.51. The minimum absolute atomic E-state index is 0.0452. The molecule has 4 aromatic rings. The lowest BCUT2D eigenvalue weighted by molar-refractivity contribution is -0.0453. The second kappa shape index (κ2) is 10.7. The van der Waals surface area contributed by atoms with Crippen molar-refractivity contribution < 1.29 is 36.7 Å². The number of nitrogen functional groups attached to an aromatic ring is 1. The number of nitrogens with zero attached hydrogens (tertiary/aromatic N) is 7. The van der Waals surface area contributed by atoms with Crippen molar-refractivity contribution in [3.63, 3.8) is 0 Å². The first kappa shape index (κ1) is 28.7. The molecule has 220 valence electrons. The molecule has 2 bridgehead atoms. The maximum Gasteiger partial charge on any atom is 0.387 e. The average Bonchev–Trinajstić information content (AvgIpc) is 3.56. The molecule has 4 aromatic heterocycles. The highest BCUT2D eigenvalue weighted by Crippen LogP contribution is 2.57. The molecule has 0 radical (unpaired) electrons. The van der Waals surface area contributed by atoms with Crippen LogP contribution in [0.3, 0.4) is 0 Å². The van der Waals surface area contributed by atoms with Crippen molar-refractivity contribution in [2.24, 2.45) is 0 Å². The molecule has 1 saturated heterocycles. The third-order valence-electron chi connectivity index (χ3n) is 6.37. The van der Waals surface area contributed by atoms with E-state index in [4.69, 9.17) is 40.4 Å². The quantitative estimate of drug-likeness (QED) is 0.169. The van der Waals surface area contributed by atoms with Gasteiger partial charge in [0.2, 0.25) is 5.95 Å². The van der Waals surface area contributed by atoms with E-state index in [1.807, 2.05) is 0 Å². The molecule has 6 heterocycles. The summed E-state index contributed by atoms with van der Waals surface area (Å²) >= 11 is 9.15. The first-order chi connectivity index (χ1) is 19.4. The molecule has 0 amide bonds. The molecule has 0 aromatic carbocycles. The van der Waals surface area contributed by atoms with Crippen LogP contribution in [0.2, 0.25) is 0 Å². The van der Waals surface area contributed by atoms with Crippen molar-refractivity contribution in [3.05, 3.63) is 34.5 Å². The Bertz CT molecular complexity index is 1800. The number of hydrogen-bond donors (Lipinski definition) is 4. The molecule has 2 aliphatic heterocycles. The van der Waals surface area contributed by atoms with Crippen LogP contribution in [0.1, 0.15) is 17.7 Å². The predicted molar refractivity (Wildman–Crippen MR) is 146 cm³/mol. The lowest BCUT2D eigenvalue weighted by Gasteiger charge is -2.24. The van der Waals surface area contributed by atoms with Gasteiger partial charge in [0.1, 0.15) is 36.5 Å². The zero-order valence-corrected chi connectivity index (χ0v) is 24.4. The Balaban J connectivity index is 1.38. The molecule has 0 aliphatic carbocycles. The number of halogens is 1. The predicted octanol–water partition coefficient (Wildman–Crippen LogP) is 1.29. The Morgan fingerprint density at radius 3 is 2.83 bits per heavy atom. The number of anilines is 1. The third-order valence-corrected chi connectivity index (χ3v) is 9.58. The van der Waals surface area contributed by atoms with Gasteiger partial charge >= 0.3 is 13.5 Å². The molecule has 1 fully saturated rings. The number of thiol groups is 1. The number of fused-ring (bicyclic) bond motifs is 6. The van der Waals surface area contributed by atoms with Crippen LogP contribution in [0.25, 0.3) is 22.3 Å². The summed E-state index contributed by atoms with van der Waals surface area (Å²) in [6, 6.07) is 0. The first-order valence-electron chi connectivity index (χ1n) is 11.9. The van der Waals surface area contributed by atoms with Gasteiger partial charge in [0.05, 0.1) is 25.2 Å². The van der Waals surface area contributed by atoms with E-state index in [-0.39, 0.29) is 36.1 Å². The van der Waals surface area contributed by atoms with Crippen LogP contribution in [0.5, 0.6) is 0 Å². The summed E-state index contributed by atoms with van der Waals surface area (Å²) in [5.41, 5.74) is 6.34. The lowest BCUT2D eigenvalue weighted by atomic mass is 10.1. The van der Waals surface area contributed by atoms with Crippen LogP contribution in [-0.2, 0) is 52.4 Å². The fraction of sp³-hybridized carbons (Fsp3) is 0.474. The van der Waals surface area contributed by atoms with Crippen molar-refractivity contribution in [2.75, 3.05) is 18.9 Å². The number of hydrogen-bond acceptors (Lipinski definition) is 14. The van der Waals surface area contributed by atoms with Crippen LogP contribution in [0.15, 0.2) is 17.4 Å². The van der Waals surface area contributed by atoms with E-state index in [0.717, 1.165) is 0 Å². The normalized spacial score (nSPS) is 31.6. The van der Waals surface area contributed by atoms with E-state index < -0.39 is 56.9 Å². The minimum atomic E-state index is -4.32. The number of rotatable bonds is 1. The zero-order valence-electron chi connectivity index (χ0n) is 20.9. The number of alkyl halides is 1. The van der Waals surface area contributed by atoms with Gasteiger partial charge < -0.3 is 29.0 Å². The van der Waals surface area contributed by atoms with Crippen LogP contribution >= 0.6 is 25.8 Å². The highest BCUT2D eigenvalue weighted by atomic mass is 32.7. The van der Waals surface area contributed by atoms with Gasteiger partial charge in [0, 0.05) is 6.54 Å². The second-order valence-corrected chi connectivity index (χ2v) is 14.7. The zero-order chi connectivity index (χ0) is 29.1. The van der Waals surface area contributed by atoms with Crippen molar-refractivity contribution in [1.82, 2.24) is 39.0 Å². The molecule has 6 rings (SSSR count). The van der Waals surface area contributed by atoms with E-state index in [9.17, 15) is 14.3 Å².